The van der Waals surface area contributed by atoms with Gasteiger partial charge in [0.25, 0.3) is 0 Å². The normalized spacial score (nSPS) is 10.8. The Morgan fingerprint density at radius 1 is 1.00 bits per heavy atom. The first-order valence-corrected chi connectivity index (χ1v) is 9.66. The van der Waals surface area contributed by atoms with E-state index < -0.39 is 5.97 Å². The molecule has 0 saturated carbocycles. The number of ether oxygens (including phenoxy) is 2. The fraction of sp³-hybridized carbons (Fsp3) is 0.0870. The van der Waals surface area contributed by atoms with Crippen LogP contribution in [-0.4, -0.2) is 18.2 Å². The van der Waals surface area contributed by atoms with E-state index in [1.165, 1.54) is 0 Å². The number of aromatic carboxylic acids is 1. The monoisotopic (exact) mass is 452 g/mol. The number of carboxylic acid groups (broad SMARTS) is 1. The molecule has 29 heavy (non-hydrogen) atoms. The lowest BCUT2D eigenvalue weighted by atomic mass is 10.1. The Balaban J connectivity index is 1.68. The van der Waals surface area contributed by atoms with Gasteiger partial charge in [-0.3, -0.25) is 0 Å². The number of hydrogen-bond donors (Lipinski definition) is 1. The second kappa shape index (κ2) is 8.01. The van der Waals surface area contributed by atoms with Crippen LogP contribution in [0.2, 0.25) is 0 Å². The molecule has 3 aromatic carbocycles. The topological polar surface area (TPSA) is 68.9 Å². The average molecular weight is 453 g/mol. The summed E-state index contributed by atoms with van der Waals surface area (Å²) in [4.78, 5) is 12.0. The Labute approximate surface area is 175 Å². The predicted octanol–water partition coefficient (Wildman–Crippen LogP) is 6.15. The maximum atomic E-state index is 12.0. The summed E-state index contributed by atoms with van der Waals surface area (Å²) in [6, 6.07) is 20.1. The van der Waals surface area contributed by atoms with Crippen molar-refractivity contribution in [3.05, 3.63) is 82.3 Å². The zero-order chi connectivity index (χ0) is 20.4. The molecule has 0 amide bonds. The second-order valence-electron chi connectivity index (χ2n) is 6.41. The van der Waals surface area contributed by atoms with Crippen molar-refractivity contribution in [2.75, 3.05) is 7.11 Å². The van der Waals surface area contributed by atoms with E-state index in [-0.39, 0.29) is 5.56 Å². The lowest BCUT2D eigenvalue weighted by Crippen LogP contribution is -1.98. The molecule has 146 valence electrons. The first kappa shape index (κ1) is 19.1. The summed E-state index contributed by atoms with van der Waals surface area (Å²) >= 11 is 3.41. The van der Waals surface area contributed by atoms with Gasteiger partial charge in [0, 0.05) is 15.4 Å². The highest BCUT2D eigenvalue weighted by molar-refractivity contribution is 9.10. The third-order valence-corrected chi connectivity index (χ3v) is 5.07. The van der Waals surface area contributed by atoms with Gasteiger partial charge in [0.1, 0.15) is 35.0 Å². The number of rotatable bonds is 6. The molecule has 0 saturated heterocycles. The number of carbonyl (C=O) groups is 1. The summed E-state index contributed by atoms with van der Waals surface area (Å²) in [5.41, 5.74) is 2.28. The van der Waals surface area contributed by atoms with Crippen molar-refractivity contribution in [2.24, 2.45) is 0 Å². The molecule has 4 aromatic rings. The van der Waals surface area contributed by atoms with Crippen molar-refractivity contribution in [2.45, 2.75) is 6.61 Å². The minimum absolute atomic E-state index is 0.110. The first-order chi connectivity index (χ1) is 14.0. The van der Waals surface area contributed by atoms with E-state index in [1.54, 1.807) is 49.6 Å². The number of halogens is 1. The molecule has 0 fully saturated rings. The lowest BCUT2D eigenvalue weighted by molar-refractivity contribution is 0.0699. The SMILES string of the molecule is COc1ccc(-c2oc3ccc(OCc4ccc(Br)cc4)cc3c2C(=O)O)cc1. The number of methoxy groups -OCH3 is 1. The summed E-state index contributed by atoms with van der Waals surface area (Å²) < 4.78 is 17.9. The molecular formula is C23H17BrO5. The van der Waals surface area contributed by atoms with Crippen molar-refractivity contribution in [1.82, 2.24) is 0 Å². The summed E-state index contributed by atoms with van der Waals surface area (Å²) in [6.07, 6.45) is 0. The van der Waals surface area contributed by atoms with E-state index in [1.807, 2.05) is 24.3 Å². The fourth-order valence-corrected chi connectivity index (χ4v) is 3.34. The van der Waals surface area contributed by atoms with Gasteiger partial charge < -0.3 is 19.0 Å². The molecule has 0 bridgehead atoms. The zero-order valence-electron chi connectivity index (χ0n) is 15.5. The molecule has 0 atom stereocenters. The smallest absolute Gasteiger partial charge is 0.340 e. The number of hydrogen-bond acceptors (Lipinski definition) is 4. The van der Waals surface area contributed by atoms with Crippen molar-refractivity contribution in [3.8, 4) is 22.8 Å². The van der Waals surface area contributed by atoms with Gasteiger partial charge >= 0.3 is 5.97 Å². The summed E-state index contributed by atoms with van der Waals surface area (Å²) in [5.74, 6) is 0.509. The Kier molecular flexibility index (Phi) is 5.27. The Morgan fingerprint density at radius 2 is 1.69 bits per heavy atom. The van der Waals surface area contributed by atoms with Crippen LogP contribution < -0.4 is 9.47 Å². The summed E-state index contributed by atoms with van der Waals surface area (Å²) in [5, 5.41) is 10.3. The van der Waals surface area contributed by atoms with Crippen molar-refractivity contribution in [3.63, 3.8) is 0 Å². The van der Waals surface area contributed by atoms with Crippen molar-refractivity contribution < 1.29 is 23.8 Å². The summed E-state index contributed by atoms with van der Waals surface area (Å²) in [6.45, 7) is 0.379. The molecule has 1 aromatic heterocycles. The molecule has 0 spiro atoms. The highest BCUT2D eigenvalue weighted by Crippen LogP contribution is 2.36. The Hall–Kier alpha value is -3.25. The second-order valence-corrected chi connectivity index (χ2v) is 7.33. The quantitative estimate of drug-likeness (QED) is 0.379. The molecule has 1 heterocycles. The van der Waals surface area contributed by atoms with Crippen LogP contribution in [0.5, 0.6) is 11.5 Å². The zero-order valence-corrected chi connectivity index (χ0v) is 17.1. The third-order valence-electron chi connectivity index (χ3n) is 4.54. The maximum absolute atomic E-state index is 12.0. The molecule has 0 aliphatic heterocycles. The first-order valence-electron chi connectivity index (χ1n) is 8.86. The molecule has 0 unspecified atom stereocenters. The van der Waals surface area contributed by atoms with E-state index in [0.717, 1.165) is 10.0 Å². The molecule has 0 radical (unpaired) electrons. The van der Waals surface area contributed by atoms with E-state index in [9.17, 15) is 9.90 Å². The Morgan fingerprint density at radius 3 is 2.34 bits per heavy atom. The van der Waals surface area contributed by atoms with Crippen LogP contribution in [0.4, 0.5) is 0 Å². The lowest BCUT2D eigenvalue weighted by Gasteiger charge is -2.06. The third kappa shape index (κ3) is 3.98. The van der Waals surface area contributed by atoms with Crippen molar-refractivity contribution in [1.29, 1.82) is 0 Å². The van der Waals surface area contributed by atoms with Crippen LogP contribution in [0, 0.1) is 0 Å². The van der Waals surface area contributed by atoms with Crippen LogP contribution in [0.1, 0.15) is 15.9 Å². The largest absolute Gasteiger partial charge is 0.497 e. The van der Waals surface area contributed by atoms with E-state index in [0.29, 0.717) is 40.4 Å². The van der Waals surface area contributed by atoms with Gasteiger partial charge in [-0.1, -0.05) is 28.1 Å². The molecule has 5 nitrogen and oxygen atoms in total. The standard InChI is InChI=1S/C23H17BrO5/c1-27-17-8-4-15(5-9-17)22-21(23(25)26)19-12-18(10-11-20(19)29-22)28-13-14-2-6-16(24)7-3-14/h2-12H,13H2,1H3,(H,25,26). The Bertz CT molecular complexity index is 1160. The van der Waals surface area contributed by atoms with Crippen LogP contribution in [0.15, 0.2) is 75.6 Å². The van der Waals surface area contributed by atoms with Crippen LogP contribution in [0.3, 0.4) is 0 Å². The minimum atomic E-state index is -1.06. The molecule has 1 N–H and O–H groups in total. The van der Waals surface area contributed by atoms with Crippen molar-refractivity contribution >= 4 is 32.9 Å². The number of carboxylic acids is 1. The van der Waals surface area contributed by atoms with Crippen LogP contribution in [0.25, 0.3) is 22.3 Å². The highest BCUT2D eigenvalue weighted by Gasteiger charge is 2.22. The number of fused-ring (bicyclic) bond motifs is 1. The van der Waals surface area contributed by atoms with E-state index in [4.69, 9.17) is 13.9 Å². The molecule has 6 heteroatoms. The number of benzene rings is 3. The van der Waals surface area contributed by atoms with Gasteiger partial charge in [-0.2, -0.15) is 0 Å². The van der Waals surface area contributed by atoms with Crippen LogP contribution in [-0.2, 0) is 6.61 Å². The highest BCUT2D eigenvalue weighted by atomic mass is 79.9. The van der Waals surface area contributed by atoms with Gasteiger partial charge in [-0.25, -0.2) is 4.79 Å². The number of furan rings is 1. The van der Waals surface area contributed by atoms with Gasteiger partial charge in [-0.15, -0.1) is 0 Å². The van der Waals surface area contributed by atoms with Gasteiger partial charge in [0.05, 0.1) is 7.11 Å². The predicted molar refractivity (Wildman–Crippen MR) is 114 cm³/mol. The molecule has 4 rings (SSSR count). The molecule has 0 aliphatic carbocycles. The van der Waals surface area contributed by atoms with E-state index >= 15 is 0 Å². The average Bonchev–Trinajstić information content (AvgIpc) is 3.12. The van der Waals surface area contributed by atoms with Crippen LogP contribution >= 0.6 is 15.9 Å². The summed E-state index contributed by atoms with van der Waals surface area (Å²) in [7, 11) is 1.58. The fourth-order valence-electron chi connectivity index (χ4n) is 3.07. The molecular weight excluding hydrogens is 436 g/mol. The van der Waals surface area contributed by atoms with Gasteiger partial charge in [-0.05, 0) is 60.2 Å². The van der Waals surface area contributed by atoms with Gasteiger partial charge in [0.15, 0.2) is 0 Å². The maximum Gasteiger partial charge on any atom is 0.340 e. The van der Waals surface area contributed by atoms with E-state index in [2.05, 4.69) is 15.9 Å². The minimum Gasteiger partial charge on any atom is -0.497 e. The van der Waals surface area contributed by atoms with Gasteiger partial charge in [0.2, 0.25) is 0 Å². The molecule has 0 aliphatic rings.